The molecular weight excluding hydrogens is 330 g/mol. The molecule has 1 aliphatic heterocycles. The van der Waals surface area contributed by atoms with Crippen LogP contribution in [0, 0.1) is 0 Å². The van der Waals surface area contributed by atoms with Crippen LogP contribution in [0.3, 0.4) is 0 Å². The van der Waals surface area contributed by atoms with Crippen LogP contribution in [0.25, 0.3) is 5.69 Å². The third kappa shape index (κ3) is 4.04. The van der Waals surface area contributed by atoms with Gasteiger partial charge in [-0.15, -0.1) is 5.10 Å². The molecule has 1 aromatic heterocycles. The zero-order valence-electron chi connectivity index (χ0n) is 15.6. The van der Waals surface area contributed by atoms with E-state index in [1.165, 1.54) is 9.25 Å². The van der Waals surface area contributed by atoms with Crippen LogP contribution in [0.15, 0.2) is 35.1 Å². The third-order valence-corrected chi connectivity index (χ3v) is 4.78. The number of carbonyl (C=O) groups is 1. The largest absolute Gasteiger partial charge is 0.351 e. The minimum Gasteiger partial charge on any atom is -0.340 e. The quantitative estimate of drug-likeness (QED) is 0.805. The second kappa shape index (κ2) is 8.31. The fourth-order valence-corrected chi connectivity index (χ4v) is 3.27. The summed E-state index contributed by atoms with van der Waals surface area (Å²) in [6.45, 7) is 5.42. The standard InChI is InChI=1S/C19H27N5O2/c1-3-8-17-20-24(16-9-5-4-6-10-16)19(26)23(17)15-18(25)22-12-7-11-21(2)13-14-22/h4-6,9-10H,3,7-8,11-15H2,1-2H3. The molecule has 0 atom stereocenters. The zero-order chi connectivity index (χ0) is 18.5. The van der Waals surface area contributed by atoms with Crippen LogP contribution >= 0.6 is 0 Å². The number of amides is 1. The average molecular weight is 357 g/mol. The summed E-state index contributed by atoms with van der Waals surface area (Å²) in [6, 6.07) is 9.35. The van der Waals surface area contributed by atoms with Crippen molar-refractivity contribution in [3.8, 4) is 5.69 Å². The van der Waals surface area contributed by atoms with Crippen molar-refractivity contribution in [2.75, 3.05) is 33.2 Å². The Bertz CT molecular complexity index is 796. The molecule has 2 aromatic rings. The first-order valence-corrected chi connectivity index (χ1v) is 9.30. The molecule has 1 aromatic carbocycles. The molecule has 140 valence electrons. The Hall–Kier alpha value is -2.41. The third-order valence-electron chi connectivity index (χ3n) is 4.78. The minimum absolute atomic E-state index is 0.00707. The van der Waals surface area contributed by atoms with Gasteiger partial charge in [0.05, 0.1) is 5.69 Å². The molecule has 7 nitrogen and oxygen atoms in total. The van der Waals surface area contributed by atoms with E-state index in [9.17, 15) is 9.59 Å². The van der Waals surface area contributed by atoms with Gasteiger partial charge in [0.25, 0.3) is 0 Å². The summed E-state index contributed by atoms with van der Waals surface area (Å²) in [7, 11) is 2.07. The molecule has 1 saturated heterocycles. The number of para-hydroxylation sites is 1. The molecule has 0 bridgehead atoms. The number of carbonyl (C=O) groups excluding carboxylic acids is 1. The number of aromatic nitrogens is 3. The second-order valence-electron chi connectivity index (χ2n) is 6.82. The van der Waals surface area contributed by atoms with E-state index in [1.807, 2.05) is 42.2 Å². The van der Waals surface area contributed by atoms with Gasteiger partial charge < -0.3 is 9.80 Å². The highest BCUT2D eigenvalue weighted by Gasteiger charge is 2.21. The summed E-state index contributed by atoms with van der Waals surface area (Å²) < 4.78 is 2.93. The van der Waals surface area contributed by atoms with Crippen LogP contribution in [0.5, 0.6) is 0 Å². The molecule has 26 heavy (non-hydrogen) atoms. The van der Waals surface area contributed by atoms with Gasteiger partial charge in [-0.2, -0.15) is 4.68 Å². The maximum atomic E-state index is 12.9. The van der Waals surface area contributed by atoms with Crippen molar-refractivity contribution >= 4 is 5.91 Å². The predicted octanol–water partition coefficient (Wildman–Crippen LogP) is 1.15. The van der Waals surface area contributed by atoms with Crippen molar-refractivity contribution < 1.29 is 4.79 Å². The van der Waals surface area contributed by atoms with Crippen molar-refractivity contribution in [2.45, 2.75) is 32.7 Å². The topological polar surface area (TPSA) is 63.4 Å². The number of aryl methyl sites for hydroxylation is 1. The number of likely N-dealkylation sites (N-methyl/N-ethyl adjacent to an activating group) is 1. The summed E-state index contributed by atoms with van der Waals surface area (Å²) in [5.41, 5.74) is 0.470. The molecule has 0 saturated carbocycles. The van der Waals surface area contributed by atoms with Crippen molar-refractivity contribution in [1.29, 1.82) is 0 Å². The molecule has 1 amide bonds. The summed E-state index contributed by atoms with van der Waals surface area (Å²) in [5, 5.41) is 4.49. The normalized spacial score (nSPS) is 15.8. The minimum atomic E-state index is -0.250. The summed E-state index contributed by atoms with van der Waals surface area (Å²) in [4.78, 5) is 29.8. The van der Waals surface area contributed by atoms with E-state index in [1.54, 1.807) is 0 Å². The van der Waals surface area contributed by atoms with E-state index in [4.69, 9.17) is 0 Å². The lowest BCUT2D eigenvalue weighted by atomic mass is 10.3. The monoisotopic (exact) mass is 357 g/mol. The SMILES string of the molecule is CCCc1nn(-c2ccccc2)c(=O)n1CC(=O)N1CCCN(C)CC1. The lowest BCUT2D eigenvalue weighted by molar-refractivity contribution is -0.131. The van der Waals surface area contributed by atoms with Gasteiger partial charge in [-0.25, -0.2) is 4.79 Å². The Morgan fingerprint density at radius 1 is 1.12 bits per heavy atom. The van der Waals surface area contributed by atoms with Gasteiger partial charge in [-0.05, 0) is 38.6 Å². The molecule has 0 N–H and O–H groups in total. The maximum absolute atomic E-state index is 12.9. The molecule has 0 unspecified atom stereocenters. The highest BCUT2D eigenvalue weighted by Crippen LogP contribution is 2.07. The fraction of sp³-hybridized carbons (Fsp3) is 0.526. The van der Waals surface area contributed by atoms with Gasteiger partial charge in [0.1, 0.15) is 12.4 Å². The van der Waals surface area contributed by atoms with Gasteiger partial charge in [0, 0.05) is 26.1 Å². The summed E-state index contributed by atoms with van der Waals surface area (Å²) in [6.07, 6.45) is 2.50. The lowest BCUT2D eigenvalue weighted by Gasteiger charge is -2.20. The average Bonchev–Trinajstić information content (AvgIpc) is 2.81. The van der Waals surface area contributed by atoms with E-state index in [0.717, 1.165) is 38.2 Å². The number of benzene rings is 1. The van der Waals surface area contributed by atoms with Gasteiger partial charge in [-0.1, -0.05) is 25.1 Å². The van der Waals surface area contributed by atoms with Crippen molar-refractivity contribution in [2.24, 2.45) is 0 Å². The molecular formula is C19H27N5O2. The van der Waals surface area contributed by atoms with Gasteiger partial charge in [0.15, 0.2) is 0 Å². The molecule has 2 heterocycles. The maximum Gasteiger partial charge on any atom is 0.351 e. The van der Waals surface area contributed by atoms with Crippen LogP contribution < -0.4 is 5.69 Å². The molecule has 0 aliphatic carbocycles. The van der Waals surface area contributed by atoms with E-state index in [2.05, 4.69) is 17.0 Å². The highest BCUT2D eigenvalue weighted by atomic mass is 16.2. The number of rotatable bonds is 5. The molecule has 0 radical (unpaired) electrons. The molecule has 1 fully saturated rings. The van der Waals surface area contributed by atoms with Crippen LogP contribution in [-0.2, 0) is 17.8 Å². The van der Waals surface area contributed by atoms with Crippen LogP contribution in [0.4, 0.5) is 0 Å². The van der Waals surface area contributed by atoms with E-state index in [0.29, 0.717) is 18.8 Å². The van der Waals surface area contributed by atoms with E-state index in [-0.39, 0.29) is 18.1 Å². The predicted molar refractivity (Wildman–Crippen MR) is 101 cm³/mol. The highest BCUT2D eigenvalue weighted by molar-refractivity contribution is 5.76. The molecule has 3 rings (SSSR count). The van der Waals surface area contributed by atoms with Gasteiger partial charge in [0.2, 0.25) is 5.91 Å². The second-order valence-corrected chi connectivity index (χ2v) is 6.82. The van der Waals surface area contributed by atoms with Gasteiger partial charge >= 0.3 is 5.69 Å². The molecule has 1 aliphatic rings. The Labute approximate surface area is 153 Å². The lowest BCUT2D eigenvalue weighted by Crippen LogP contribution is -2.39. The van der Waals surface area contributed by atoms with Crippen LogP contribution in [-0.4, -0.2) is 63.3 Å². The Morgan fingerprint density at radius 3 is 2.62 bits per heavy atom. The van der Waals surface area contributed by atoms with Crippen molar-refractivity contribution in [1.82, 2.24) is 24.1 Å². The Kier molecular flexibility index (Phi) is 5.88. The summed E-state index contributed by atoms with van der Waals surface area (Å²) in [5.74, 6) is 0.661. The first kappa shape index (κ1) is 18.4. The number of hydrogen-bond acceptors (Lipinski definition) is 4. The zero-order valence-corrected chi connectivity index (χ0v) is 15.6. The van der Waals surface area contributed by atoms with Crippen LogP contribution in [0.2, 0.25) is 0 Å². The van der Waals surface area contributed by atoms with Crippen LogP contribution in [0.1, 0.15) is 25.6 Å². The number of nitrogens with zero attached hydrogens (tertiary/aromatic N) is 5. The Balaban J connectivity index is 1.85. The first-order chi connectivity index (χ1) is 12.6. The van der Waals surface area contributed by atoms with Gasteiger partial charge in [-0.3, -0.25) is 9.36 Å². The Morgan fingerprint density at radius 2 is 1.88 bits per heavy atom. The van der Waals surface area contributed by atoms with E-state index < -0.39 is 0 Å². The first-order valence-electron chi connectivity index (χ1n) is 9.30. The van der Waals surface area contributed by atoms with Crippen molar-refractivity contribution in [3.63, 3.8) is 0 Å². The molecule has 7 heteroatoms. The van der Waals surface area contributed by atoms with Crippen molar-refractivity contribution in [3.05, 3.63) is 46.6 Å². The smallest absolute Gasteiger partial charge is 0.340 e. The molecule has 0 spiro atoms. The van der Waals surface area contributed by atoms with E-state index >= 15 is 0 Å². The summed E-state index contributed by atoms with van der Waals surface area (Å²) >= 11 is 0. The number of hydrogen-bond donors (Lipinski definition) is 0. The fourth-order valence-electron chi connectivity index (χ4n) is 3.27.